The van der Waals surface area contributed by atoms with Crippen LogP contribution in [-0.4, -0.2) is 44.2 Å². The average Bonchev–Trinajstić information content (AvgIpc) is 3.28. The number of allylic oxidation sites excluding steroid dienone is 1. The standard InChI is InChI=1S/C24H30N2O3/c1-3-9-19-12-13-22(23(16-19)28-2)29-18-24(27)25-17-21(26-14-7-8-15-26)20-10-5-4-6-11-20/h3-6,10-13,16,21H,1,7-9,14-15,17-18H2,2H3,(H,25,27). The zero-order chi connectivity index (χ0) is 20.5. The highest BCUT2D eigenvalue weighted by Gasteiger charge is 2.23. The number of nitrogens with zero attached hydrogens (tertiary/aromatic N) is 1. The highest BCUT2D eigenvalue weighted by molar-refractivity contribution is 5.77. The molecular weight excluding hydrogens is 364 g/mol. The van der Waals surface area contributed by atoms with Crippen molar-refractivity contribution in [2.75, 3.05) is 33.4 Å². The van der Waals surface area contributed by atoms with Crippen molar-refractivity contribution in [1.29, 1.82) is 0 Å². The molecule has 0 radical (unpaired) electrons. The molecule has 1 unspecified atom stereocenters. The SMILES string of the molecule is C=CCc1ccc(OCC(=O)NCC(c2ccccc2)N2CCCC2)c(OC)c1. The minimum absolute atomic E-state index is 0.0430. The lowest BCUT2D eigenvalue weighted by Crippen LogP contribution is -2.38. The minimum Gasteiger partial charge on any atom is -0.493 e. The van der Waals surface area contributed by atoms with Gasteiger partial charge in [-0.15, -0.1) is 6.58 Å². The van der Waals surface area contributed by atoms with E-state index in [2.05, 4.69) is 28.9 Å². The van der Waals surface area contributed by atoms with Gasteiger partial charge in [0.15, 0.2) is 18.1 Å². The summed E-state index contributed by atoms with van der Waals surface area (Å²) in [5.41, 5.74) is 2.32. The Bertz CT molecular complexity index is 801. The van der Waals surface area contributed by atoms with Crippen LogP contribution in [0.25, 0.3) is 0 Å². The van der Waals surface area contributed by atoms with E-state index < -0.39 is 0 Å². The maximum absolute atomic E-state index is 12.4. The summed E-state index contributed by atoms with van der Waals surface area (Å²) in [5, 5.41) is 3.04. The number of benzene rings is 2. The summed E-state index contributed by atoms with van der Waals surface area (Å²) in [6.45, 7) is 6.42. The maximum Gasteiger partial charge on any atom is 0.258 e. The zero-order valence-electron chi connectivity index (χ0n) is 17.1. The van der Waals surface area contributed by atoms with Crippen LogP contribution in [0.5, 0.6) is 11.5 Å². The number of nitrogens with one attached hydrogen (secondary N) is 1. The zero-order valence-corrected chi connectivity index (χ0v) is 17.1. The summed E-state index contributed by atoms with van der Waals surface area (Å²) in [5.74, 6) is 1.05. The quantitative estimate of drug-likeness (QED) is 0.624. The Morgan fingerprint density at radius 1 is 1.17 bits per heavy atom. The predicted octanol–water partition coefficient (Wildman–Crippen LogP) is 3.76. The molecule has 3 rings (SSSR count). The molecule has 1 atom stereocenters. The second-order valence-corrected chi connectivity index (χ2v) is 7.24. The van der Waals surface area contributed by atoms with Gasteiger partial charge in [0.2, 0.25) is 0 Å². The van der Waals surface area contributed by atoms with E-state index in [4.69, 9.17) is 9.47 Å². The Morgan fingerprint density at radius 3 is 2.62 bits per heavy atom. The molecule has 2 aromatic carbocycles. The maximum atomic E-state index is 12.4. The number of carbonyl (C=O) groups excluding carboxylic acids is 1. The van der Waals surface area contributed by atoms with Crippen molar-refractivity contribution < 1.29 is 14.3 Å². The summed E-state index contributed by atoms with van der Waals surface area (Å²) in [4.78, 5) is 14.9. The number of hydrogen-bond acceptors (Lipinski definition) is 4. The molecule has 1 aliphatic heterocycles. The number of methoxy groups -OCH3 is 1. The van der Waals surface area contributed by atoms with Gasteiger partial charge in [0, 0.05) is 6.54 Å². The van der Waals surface area contributed by atoms with Gasteiger partial charge in [0.1, 0.15) is 0 Å². The fourth-order valence-corrected chi connectivity index (χ4v) is 3.72. The second kappa shape index (κ2) is 10.7. The smallest absolute Gasteiger partial charge is 0.258 e. The van der Waals surface area contributed by atoms with Gasteiger partial charge in [-0.25, -0.2) is 0 Å². The Labute approximate surface area is 173 Å². The first-order valence-electron chi connectivity index (χ1n) is 10.2. The first-order valence-corrected chi connectivity index (χ1v) is 10.2. The van der Waals surface area contributed by atoms with Crippen LogP contribution < -0.4 is 14.8 Å². The Balaban J connectivity index is 1.56. The predicted molar refractivity (Wildman–Crippen MR) is 115 cm³/mol. The van der Waals surface area contributed by atoms with Crippen molar-refractivity contribution in [2.24, 2.45) is 0 Å². The van der Waals surface area contributed by atoms with E-state index in [-0.39, 0.29) is 18.6 Å². The van der Waals surface area contributed by atoms with Gasteiger partial charge in [-0.05, 0) is 55.6 Å². The molecule has 1 N–H and O–H groups in total. The van der Waals surface area contributed by atoms with Crippen molar-refractivity contribution in [3.8, 4) is 11.5 Å². The third-order valence-corrected chi connectivity index (χ3v) is 5.23. The normalized spacial score (nSPS) is 14.9. The molecule has 1 fully saturated rings. The summed E-state index contributed by atoms with van der Waals surface area (Å²) >= 11 is 0. The molecule has 2 aromatic rings. The molecule has 1 heterocycles. The van der Waals surface area contributed by atoms with Crippen molar-refractivity contribution >= 4 is 5.91 Å². The van der Waals surface area contributed by atoms with Gasteiger partial charge in [-0.1, -0.05) is 42.5 Å². The van der Waals surface area contributed by atoms with Crippen molar-refractivity contribution in [3.63, 3.8) is 0 Å². The third kappa shape index (κ3) is 5.84. The molecular formula is C24H30N2O3. The van der Waals surface area contributed by atoms with Crippen LogP contribution in [0.3, 0.4) is 0 Å². The molecule has 154 valence electrons. The fraction of sp³-hybridized carbons (Fsp3) is 0.375. The Morgan fingerprint density at radius 2 is 1.93 bits per heavy atom. The van der Waals surface area contributed by atoms with Crippen LogP contribution in [-0.2, 0) is 11.2 Å². The molecule has 0 bridgehead atoms. The van der Waals surface area contributed by atoms with Gasteiger partial charge >= 0.3 is 0 Å². The lowest BCUT2D eigenvalue weighted by molar-refractivity contribution is -0.123. The molecule has 1 amide bonds. The van der Waals surface area contributed by atoms with E-state index in [0.29, 0.717) is 18.0 Å². The second-order valence-electron chi connectivity index (χ2n) is 7.24. The van der Waals surface area contributed by atoms with E-state index in [1.54, 1.807) is 7.11 Å². The van der Waals surface area contributed by atoms with Crippen LogP contribution in [0.2, 0.25) is 0 Å². The summed E-state index contributed by atoms with van der Waals surface area (Å²) in [6.07, 6.45) is 5.02. The van der Waals surface area contributed by atoms with Crippen molar-refractivity contribution in [2.45, 2.75) is 25.3 Å². The van der Waals surface area contributed by atoms with Gasteiger partial charge in [0.05, 0.1) is 13.2 Å². The van der Waals surface area contributed by atoms with E-state index in [1.165, 1.54) is 18.4 Å². The molecule has 1 aliphatic rings. The van der Waals surface area contributed by atoms with Crippen LogP contribution >= 0.6 is 0 Å². The van der Waals surface area contributed by atoms with Crippen LogP contribution in [0.1, 0.15) is 30.0 Å². The Hall–Kier alpha value is -2.79. The van der Waals surface area contributed by atoms with Crippen LogP contribution in [0.15, 0.2) is 61.2 Å². The molecule has 1 saturated heterocycles. The summed E-state index contributed by atoms with van der Waals surface area (Å²) in [6, 6.07) is 16.3. The minimum atomic E-state index is -0.137. The third-order valence-electron chi connectivity index (χ3n) is 5.23. The van der Waals surface area contributed by atoms with Gasteiger partial charge < -0.3 is 14.8 Å². The van der Waals surface area contributed by atoms with Gasteiger partial charge in [-0.3, -0.25) is 9.69 Å². The topological polar surface area (TPSA) is 50.8 Å². The first kappa shape index (κ1) is 20.9. The van der Waals surface area contributed by atoms with E-state index in [9.17, 15) is 4.79 Å². The molecule has 0 spiro atoms. The van der Waals surface area contributed by atoms with E-state index in [1.807, 2.05) is 42.5 Å². The number of hydrogen-bond donors (Lipinski definition) is 1. The first-order chi connectivity index (χ1) is 14.2. The molecule has 29 heavy (non-hydrogen) atoms. The van der Waals surface area contributed by atoms with E-state index in [0.717, 1.165) is 25.1 Å². The lowest BCUT2D eigenvalue weighted by Gasteiger charge is -2.28. The molecule has 0 aliphatic carbocycles. The summed E-state index contributed by atoms with van der Waals surface area (Å²) in [7, 11) is 1.60. The number of likely N-dealkylation sites (tertiary alicyclic amines) is 1. The van der Waals surface area contributed by atoms with Crippen LogP contribution in [0.4, 0.5) is 0 Å². The molecule has 5 nitrogen and oxygen atoms in total. The highest BCUT2D eigenvalue weighted by Crippen LogP contribution is 2.28. The van der Waals surface area contributed by atoms with Crippen molar-refractivity contribution in [3.05, 3.63) is 72.3 Å². The van der Waals surface area contributed by atoms with Crippen LogP contribution in [0, 0.1) is 0 Å². The van der Waals surface area contributed by atoms with Gasteiger partial charge in [0.25, 0.3) is 5.91 Å². The molecule has 5 heteroatoms. The number of carbonyl (C=O) groups is 1. The summed E-state index contributed by atoms with van der Waals surface area (Å²) < 4.78 is 11.1. The van der Waals surface area contributed by atoms with E-state index >= 15 is 0 Å². The number of ether oxygens (including phenoxy) is 2. The molecule has 0 saturated carbocycles. The number of amides is 1. The van der Waals surface area contributed by atoms with Gasteiger partial charge in [-0.2, -0.15) is 0 Å². The lowest BCUT2D eigenvalue weighted by atomic mass is 10.1. The highest BCUT2D eigenvalue weighted by atomic mass is 16.5. The molecule has 0 aromatic heterocycles. The Kier molecular flexibility index (Phi) is 7.70. The van der Waals surface area contributed by atoms with Crippen molar-refractivity contribution in [1.82, 2.24) is 10.2 Å². The monoisotopic (exact) mass is 394 g/mol. The fourth-order valence-electron chi connectivity index (χ4n) is 3.72. The largest absolute Gasteiger partial charge is 0.493 e. The average molecular weight is 395 g/mol. The number of rotatable bonds is 10.